The molecular formula is C20H20N2O. The van der Waals surface area contributed by atoms with Crippen LogP contribution in [0.3, 0.4) is 0 Å². The van der Waals surface area contributed by atoms with Gasteiger partial charge in [0.15, 0.2) is 0 Å². The molecule has 0 atom stereocenters. The number of aryl methyl sites for hydroxylation is 1. The minimum Gasteiger partial charge on any atom is -0.322 e. The van der Waals surface area contributed by atoms with Crippen molar-refractivity contribution < 1.29 is 4.79 Å². The summed E-state index contributed by atoms with van der Waals surface area (Å²) >= 11 is 0. The number of rotatable bonds is 5. The SMILES string of the molecule is CCCCc1ccc(NC(=O)c2ccc3ccncc3c2)cc1. The van der Waals surface area contributed by atoms with Crippen molar-refractivity contribution in [1.82, 2.24) is 4.98 Å². The molecule has 3 aromatic rings. The molecule has 0 saturated carbocycles. The van der Waals surface area contributed by atoms with E-state index in [2.05, 4.69) is 29.4 Å². The molecule has 116 valence electrons. The maximum atomic E-state index is 12.4. The van der Waals surface area contributed by atoms with E-state index >= 15 is 0 Å². The summed E-state index contributed by atoms with van der Waals surface area (Å²) in [5.41, 5.74) is 2.77. The number of amides is 1. The molecule has 0 saturated heterocycles. The maximum absolute atomic E-state index is 12.4. The molecule has 0 aliphatic rings. The number of anilines is 1. The van der Waals surface area contributed by atoms with Crippen LogP contribution in [0.5, 0.6) is 0 Å². The maximum Gasteiger partial charge on any atom is 0.255 e. The summed E-state index contributed by atoms with van der Waals surface area (Å²) < 4.78 is 0. The van der Waals surface area contributed by atoms with E-state index in [1.807, 2.05) is 36.4 Å². The van der Waals surface area contributed by atoms with E-state index in [1.54, 1.807) is 12.4 Å². The second kappa shape index (κ2) is 7.05. The molecule has 0 unspecified atom stereocenters. The van der Waals surface area contributed by atoms with E-state index in [0.29, 0.717) is 5.56 Å². The highest BCUT2D eigenvalue weighted by Crippen LogP contribution is 2.17. The van der Waals surface area contributed by atoms with Crippen LogP contribution in [0.4, 0.5) is 5.69 Å². The van der Waals surface area contributed by atoms with Crippen molar-refractivity contribution in [2.45, 2.75) is 26.2 Å². The molecule has 23 heavy (non-hydrogen) atoms. The molecule has 1 N–H and O–H groups in total. The van der Waals surface area contributed by atoms with E-state index < -0.39 is 0 Å². The van der Waals surface area contributed by atoms with Gasteiger partial charge in [-0.05, 0) is 54.1 Å². The van der Waals surface area contributed by atoms with Crippen LogP contribution in [-0.2, 0) is 6.42 Å². The number of carbonyl (C=O) groups is 1. The fraction of sp³-hybridized carbons (Fsp3) is 0.200. The quantitative estimate of drug-likeness (QED) is 0.733. The molecule has 2 aromatic carbocycles. The zero-order valence-electron chi connectivity index (χ0n) is 13.3. The fourth-order valence-corrected chi connectivity index (χ4v) is 2.57. The second-order valence-corrected chi connectivity index (χ2v) is 5.69. The minimum atomic E-state index is -0.0999. The number of benzene rings is 2. The number of pyridine rings is 1. The molecule has 1 amide bonds. The fourth-order valence-electron chi connectivity index (χ4n) is 2.57. The van der Waals surface area contributed by atoms with Gasteiger partial charge in [-0.15, -0.1) is 0 Å². The molecule has 3 rings (SSSR count). The summed E-state index contributed by atoms with van der Waals surface area (Å²) in [4.78, 5) is 16.5. The highest BCUT2D eigenvalue weighted by Gasteiger charge is 2.07. The number of hydrogen-bond acceptors (Lipinski definition) is 2. The van der Waals surface area contributed by atoms with Gasteiger partial charge in [0.2, 0.25) is 0 Å². The van der Waals surface area contributed by atoms with Gasteiger partial charge in [-0.1, -0.05) is 31.5 Å². The first-order valence-electron chi connectivity index (χ1n) is 8.00. The van der Waals surface area contributed by atoms with Gasteiger partial charge < -0.3 is 5.32 Å². The van der Waals surface area contributed by atoms with Crippen molar-refractivity contribution >= 4 is 22.4 Å². The number of hydrogen-bond donors (Lipinski definition) is 1. The average Bonchev–Trinajstić information content (AvgIpc) is 2.60. The van der Waals surface area contributed by atoms with Crippen LogP contribution in [-0.4, -0.2) is 10.9 Å². The number of fused-ring (bicyclic) bond motifs is 1. The third-order valence-corrected chi connectivity index (χ3v) is 3.93. The number of nitrogens with one attached hydrogen (secondary N) is 1. The molecule has 0 aliphatic heterocycles. The predicted octanol–water partition coefficient (Wildman–Crippen LogP) is 4.83. The van der Waals surface area contributed by atoms with Crippen molar-refractivity contribution in [2.75, 3.05) is 5.32 Å². The molecule has 0 bridgehead atoms. The molecule has 1 aromatic heterocycles. The third kappa shape index (κ3) is 3.75. The summed E-state index contributed by atoms with van der Waals surface area (Å²) in [7, 11) is 0. The van der Waals surface area contributed by atoms with Gasteiger partial charge in [-0.3, -0.25) is 9.78 Å². The zero-order chi connectivity index (χ0) is 16.1. The number of carbonyl (C=O) groups excluding carboxylic acids is 1. The molecule has 0 aliphatic carbocycles. The van der Waals surface area contributed by atoms with Gasteiger partial charge in [-0.2, -0.15) is 0 Å². The largest absolute Gasteiger partial charge is 0.322 e. The minimum absolute atomic E-state index is 0.0999. The van der Waals surface area contributed by atoms with E-state index in [4.69, 9.17) is 0 Å². The summed E-state index contributed by atoms with van der Waals surface area (Å²) in [5.74, 6) is -0.0999. The van der Waals surface area contributed by atoms with Crippen LogP contribution in [0.2, 0.25) is 0 Å². The lowest BCUT2D eigenvalue weighted by atomic mass is 10.1. The lowest BCUT2D eigenvalue weighted by Gasteiger charge is -2.07. The van der Waals surface area contributed by atoms with Crippen LogP contribution in [0.1, 0.15) is 35.7 Å². The summed E-state index contributed by atoms with van der Waals surface area (Å²) in [6.07, 6.45) is 6.99. The van der Waals surface area contributed by atoms with Crippen molar-refractivity contribution in [2.24, 2.45) is 0 Å². The van der Waals surface area contributed by atoms with Crippen LogP contribution < -0.4 is 5.32 Å². The number of unbranched alkanes of at least 4 members (excludes halogenated alkanes) is 1. The summed E-state index contributed by atoms with van der Waals surface area (Å²) in [6, 6.07) is 15.7. The average molecular weight is 304 g/mol. The Bertz CT molecular complexity index is 809. The van der Waals surface area contributed by atoms with Crippen molar-refractivity contribution in [3.63, 3.8) is 0 Å². The number of nitrogens with zero attached hydrogens (tertiary/aromatic N) is 1. The van der Waals surface area contributed by atoms with Crippen LogP contribution >= 0.6 is 0 Å². The summed E-state index contributed by atoms with van der Waals surface area (Å²) in [6.45, 7) is 2.19. The normalized spacial score (nSPS) is 10.7. The van der Waals surface area contributed by atoms with Crippen LogP contribution in [0.15, 0.2) is 60.9 Å². The van der Waals surface area contributed by atoms with Gasteiger partial charge in [-0.25, -0.2) is 0 Å². The Morgan fingerprint density at radius 1 is 1.04 bits per heavy atom. The van der Waals surface area contributed by atoms with Gasteiger partial charge in [0, 0.05) is 29.0 Å². The first kappa shape index (κ1) is 15.2. The molecule has 3 heteroatoms. The van der Waals surface area contributed by atoms with E-state index in [9.17, 15) is 4.79 Å². The second-order valence-electron chi connectivity index (χ2n) is 5.69. The molecule has 1 heterocycles. The summed E-state index contributed by atoms with van der Waals surface area (Å²) in [5, 5.41) is 4.99. The third-order valence-electron chi connectivity index (χ3n) is 3.93. The van der Waals surface area contributed by atoms with E-state index in [1.165, 1.54) is 18.4 Å². The smallest absolute Gasteiger partial charge is 0.255 e. The monoisotopic (exact) mass is 304 g/mol. The van der Waals surface area contributed by atoms with Gasteiger partial charge in [0.05, 0.1) is 0 Å². The Morgan fingerprint density at radius 2 is 1.87 bits per heavy atom. The van der Waals surface area contributed by atoms with Crippen molar-refractivity contribution in [3.05, 3.63) is 72.1 Å². The van der Waals surface area contributed by atoms with E-state index in [-0.39, 0.29) is 5.91 Å². The first-order valence-corrected chi connectivity index (χ1v) is 8.00. The van der Waals surface area contributed by atoms with Crippen LogP contribution in [0.25, 0.3) is 10.8 Å². The Hall–Kier alpha value is -2.68. The first-order chi connectivity index (χ1) is 11.3. The molecule has 3 nitrogen and oxygen atoms in total. The Balaban J connectivity index is 1.72. The Labute approximate surface area is 136 Å². The zero-order valence-corrected chi connectivity index (χ0v) is 13.3. The van der Waals surface area contributed by atoms with Crippen LogP contribution in [0, 0.1) is 0 Å². The molecule has 0 radical (unpaired) electrons. The predicted molar refractivity (Wildman–Crippen MR) is 94.8 cm³/mol. The Kier molecular flexibility index (Phi) is 4.67. The molecule has 0 spiro atoms. The highest BCUT2D eigenvalue weighted by atomic mass is 16.1. The Morgan fingerprint density at radius 3 is 2.65 bits per heavy atom. The highest BCUT2D eigenvalue weighted by molar-refractivity contribution is 6.06. The van der Waals surface area contributed by atoms with Gasteiger partial charge in [0.1, 0.15) is 0 Å². The van der Waals surface area contributed by atoms with Gasteiger partial charge >= 0.3 is 0 Å². The standard InChI is InChI=1S/C20H20N2O/c1-2-3-4-15-5-9-19(10-6-15)22-20(23)17-8-7-16-11-12-21-14-18(16)13-17/h5-14H,2-4H2,1H3,(H,22,23). The van der Waals surface area contributed by atoms with Crippen molar-refractivity contribution in [3.8, 4) is 0 Å². The molecular weight excluding hydrogens is 284 g/mol. The number of aromatic nitrogens is 1. The lowest BCUT2D eigenvalue weighted by molar-refractivity contribution is 0.102. The molecule has 0 fully saturated rings. The lowest BCUT2D eigenvalue weighted by Crippen LogP contribution is -2.11. The topological polar surface area (TPSA) is 42.0 Å². The van der Waals surface area contributed by atoms with Gasteiger partial charge in [0.25, 0.3) is 5.91 Å². The van der Waals surface area contributed by atoms with E-state index in [0.717, 1.165) is 22.9 Å². The van der Waals surface area contributed by atoms with Crippen molar-refractivity contribution in [1.29, 1.82) is 0 Å².